The van der Waals surface area contributed by atoms with Gasteiger partial charge in [-0.2, -0.15) is 0 Å². The van der Waals surface area contributed by atoms with Gasteiger partial charge in [-0.3, -0.25) is 20.4 Å². The maximum atomic E-state index is 12.1. The summed E-state index contributed by atoms with van der Waals surface area (Å²) in [5, 5.41) is 0.315. The maximum Gasteiger partial charge on any atom is 0.271 e. The van der Waals surface area contributed by atoms with Crippen LogP contribution < -0.4 is 15.6 Å². The first-order chi connectivity index (χ1) is 11.6. The van der Waals surface area contributed by atoms with E-state index in [1.54, 1.807) is 48.5 Å². The molecule has 0 fully saturated rings. The molecule has 0 heterocycles. The average molecular weight is 347 g/mol. The molecular weight excluding hydrogens is 328 g/mol. The molecule has 2 rings (SSSR count). The van der Waals surface area contributed by atoms with Gasteiger partial charge in [0.2, 0.25) is 0 Å². The molecule has 0 saturated carbocycles. The quantitative estimate of drug-likeness (QED) is 0.620. The summed E-state index contributed by atoms with van der Waals surface area (Å²) >= 11 is 5.94. The number of carbonyl (C=O) groups excluding carboxylic acids is 2. The number of benzene rings is 2. The van der Waals surface area contributed by atoms with Crippen LogP contribution in [0.15, 0.2) is 48.5 Å². The highest BCUT2D eigenvalue weighted by Crippen LogP contribution is 2.15. The fraction of sp³-hybridized carbons (Fsp3) is 0.222. The molecule has 0 atom stereocenters. The summed E-state index contributed by atoms with van der Waals surface area (Å²) in [6.07, 6.45) is 1.98. The van der Waals surface area contributed by atoms with E-state index in [9.17, 15) is 9.59 Å². The fourth-order valence-corrected chi connectivity index (χ4v) is 2.18. The highest BCUT2D eigenvalue weighted by atomic mass is 35.5. The van der Waals surface area contributed by atoms with E-state index < -0.39 is 11.8 Å². The summed E-state index contributed by atoms with van der Waals surface area (Å²) in [6.45, 7) is 2.68. The molecule has 6 heteroatoms. The monoisotopic (exact) mass is 346 g/mol. The summed E-state index contributed by atoms with van der Waals surface area (Å²) < 4.78 is 5.56. The summed E-state index contributed by atoms with van der Waals surface area (Å²) in [6, 6.07) is 13.4. The van der Waals surface area contributed by atoms with Crippen LogP contribution in [-0.2, 0) is 0 Å². The van der Waals surface area contributed by atoms with Crippen LogP contribution in [0.3, 0.4) is 0 Å². The van der Waals surface area contributed by atoms with Gasteiger partial charge in [-0.15, -0.1) is 0 Å². The normalized spacial score (nSPS) is 10.1. The van der Waals surface area contributed by atoms with E-state index in [1.807, 2.05) is 0 Å². The number of nitrogens with one attached hydrogen (secondary N) is 2. The zero-order valence-electron chi connectivity index (χ0n) is 13.3. The van der Waals surface area contributed by atoms with E-state index in [2.05, 4.69) is 17.8 Å². The number of amides is 2. The molecule has 0 radical (unpaired) electrons. The van der Waals surface area contributed by atoms with Gasteiger partial charge in [0.1, 0.15) is 5.75 Å². The van der Waals surface area contributed by atoms with E-state index in [0.29, 0.717) is 22.9 Å². The molecule has 24 heavy (non-hydrogen) atoms. The molecule has 2 N–H and O–H groups in total. The zero-order valence-corrected chi connectivity index (χ0v) is 14.1. The first kappa shape index (κ1) is 17.8. The molecule has 2 amide bonds. The van der Waals surface area contributed by atoms with Crippen molar-refractivity contribution in [3.8, 4) is 5.75 Å². The molecular formula is C18H19ClN2O3. The Bertz CT molecular complexity index is 719. The number of unbranched alkanes of at least 4 members (excludes halogenated alkanes) is 1. The molecule has 5 nitrogen and oxygen atoms in total. The Kier molecular flexibility index (Phi) is 6.63. The van der Waals surface area contributed by atoms with Gasteiger partial charge in [-0.05, 0) is 36.8 Å². The Morgan fingerprint density at radius 3 is 2.54 bits per heavy atom. The van der Waals surface area contributed by atoms with Crippen molar-refractivity contribution < 1.29 is 14.3 Å². The molecule has 0 aliphatic carbocycles. The number of hydrogen-bond acceptors (Lipinski definition) is 3. The second-order valence-electron chi connectivity index (χ2n) is 5.12. The lowest BCUT2D eigenvalue weighted by Gasteiger charge is -2.10. The summed E-state index contributed by atoms with van der Waals surface area (Å²) in [5.41, 5.74) is 5.39. The van der Waals surface area contributed by atoms with E-state index >= 15 is 0 Å². The second-order valence-corrected chi connectivity index (χ2v) is 5.53. The molecule has 126 valence electrons. The van der Waals surface area contributed by atoms with Crippen molar-refractivity contribution in [3.63, 3.8) is 0 Å². The Balaban J connectivity index is 1.94. The minimum atomic E-state index is -0.482. The van der Waals surface area contributed by atoms with E-state index in [1.165, 1.54) is 0 Å². The van der Waals surface area contributed by atoms with Crippen LogP contribution in [0.1, 0.15) is 40.5 Å². The highest BCUT2D eigenvalue weighted by Gasteiger charge is 2.12. The van der Waals surface area contributed by atoms with Crippen LogP contribution in [0.4, 0.5) is 0 Å². The maximum absolute atomic E-state index is 12.1. The van der Waals surface area contributed by atoms with Crippen LogP contribution >= 0.6 is 11.6 Å². The van der Waals surface area contributed by atoms with Crippen molar-refractivity contribution in [3.05, 3.63) is 64.7 Å². The molecule has 2 aromatic carbocycles. The number of hydrazine groups is 1. The number of rotatable bonds is 6. The van der Waals surface area contributed by atoms with Gasteiger partial charge in [0.05, 0.1) is 17.2 Å². The minimum Gasteiger partial charge on any atom is -0.494 e. The lowest BCUT2D eigenvalue weighted by atomic mass is 10.2. The smallest absolute Gasteiger partial charge is 0.271 e. The minimum absolute atomic E-state index is 0.288. The largest absolute Gasteiger partial charge is 0.494 e. The number of ether oxygens (including phenoxy) is 1. The van der Waals surface area contributed by atoms with Gasteiger partial charge < -0.3 is 4.74 Å². The molecule has 0 spiro atoms. The fourth-order valence-electron chi connectivity index (χ4n) is 1.96. The van der Waals surface area contributed by atoms with E-state index in [0.717, 1.165) is 12.8 Å². The van der Waals surface area contributed by atoms with Crippen LogP contribution in [0.25, 0.3) is 0 Å². The molecule has 0 saturated heterocycles. The summed E-state index contributed by atoms with van der Waals surface area (Å²) in [7, 11) is 0. The Morgan fingerprint density at radius 2 is 1.79 bits per heavy atom. The molecule has 0 aromatic heterocycles. The van der Waals surface area contributed by atoms with Crippen molar-refractivity contribution in [1.82, 2.24) is 10.9 Å². The third-order valence-corrected chi connectivity index (χ3v) is 3.60. The number of halogens is 1. The third kappa shape index (κ3) is 4.99. The first-order valence-corrected chi connectivity index (χ1v) is 8.07. The van der Waals surface area contributed by atoms with Crippen molar-refractivity contribution in [1.29, 1.82) is 0 Å². The molecule has 0 unspecified atom stereocenters. The molecule has 2 aromatic rings. The van der Waals surface area contributed by atoms with Crippen molar-refractivity contribution in [2.24, 2.45) is 0 Å². The van der Waals surface area contributed by atoms with E-state index in [-0.39, 0.29) is 5.56 Å². The van der Waals surface area contributed by atoms with Crippen LogP contribution in [0, 0.1) is 0 Å². The van der Waals surface area contributed by atoms with Gasteiger partial charge in [-0.25, -0.2) is 0 Å². The van der Waals surface area contributed by atoms with Crippen LogP contribution in [0.2, 0.25) is 5.02 Å². The third-order valence-electron chi connectivity index (χ3n) is 3.27. The Morgan fingerprint density at radius 1 is 1.04 bits per heavy atom. The van der Waals surface area contributed by atoms with Crippen LogP contribution in [0.5, 0.6) is 5.75 Å². The van der Waals surface area contributed by atoms with Crippen molar-refractivity contribution >= 4 is 23.4 Å². The highest BCUT2D eigenvalue weighted by molar-refractivity contribution is 6.33. The molecule has 0 aliphatic heterocycles. The van der Waals surface area contributed by atoms with Crippen LogP contribution in [-0.4, -0.2) is 18.4 Å². The second kappa shape index (κ2) is 8.93. The predicted octanol–water partition coefficient (Wildman–Crippen LogP) is 3.59. The lowest BCUT2D eigenvalue weighted by molar-refractivity contribution is 0.0846. The predicted molar refractivity (Wildman–Crippen MR) is 93.2 cm³/mol. The van der Waals surface area contributed by atoms with Gasteiger partial charge in [0.15, 0.2) is 0 Å². The van der Waals surface area contributed by atoms with E-state index in [4.69, 9.17) is 16.3 Å². The Labute approximate surface area is 145 Å². The lowest BCUT2D eigenvalue weighted by Crippen LogP contribution is -2.41. The topological polar surface area (TPSA) is 67.4 Å². The molecule has 0 bridgehead atoms. The van der Waals surface area contributed by atoms with Gasteiger partial charge in [-0.1, -0.05) is 43.1 Å². The number of hydrogen-bond donors (Lipinski definition) is 2. The average Bonchev–Trinajstić information content (AvgIpc) is 2.60. The summed E-state index contributed by atoms with van der Waals surface area (Å²) in [4.78, 5) is 24.1. The standard InChI is InChI=1S/C18H19ClN2O3/c1-2-3-11-24-14-8-6-7-13(12-14)17(22)20-21-18(23)15-9-4-5-10-16(15)19/h4-10,12H,2-3,11H2,1H3,(H,20,22)(H,21,23). The molecule has 0 aliphatic rings. The summed E-state index contributed by atoms with van der Waals surface area (Å²) in [5.74, 6) is -0.297. The van der Waals surface area contributed by atoms with Gasteiger partial charge >= 0.3 is 0 Å². The number of carbonyl (C=O) groups is 2. The van der Waals surface area contributed by atoms with Crippen molar-refractivity contribution in [2.75, 3.05) is 6.61 Å². The van der Waals surface area contributed by atoms with Gasteiger partial charge in [0, 0.05) is 5.56 Å². The Hall–Kier alpha value is -2.53. The zero-order chi connectivity index (χ0) is 17.4. The van der Waals surface area contributed by atoms with Gasteiger partial charge in [0.25, 0.3) is 11.8 Å². The first-order valence-electron chi connectivity index (χ1n) is 7.70. The van der Waals surface area contributed by atoms with Crippen molar-refractivity contribution in [2.45, 2.75) is 19.8 Å². The SMILES string of the molecule is CCCCOc1cccc(C(=O)NNC(=O)c2ccccc2Cl)c1.